The van der Waals surface area contributed by atoms with Gasteiger partial charge in [0.1, 0.15) is 5.90 Å². The standard InChI is InChI=1S/C15H34N2O6P2/c1-13(2)7-5-8-14(3)9-6-10-17(4)15(18)16-11-24(19,20)12-25(21,22)23/h13-14H,5-12H2,1-4H3,(H,16,18)(H,19,20)(H2,21,22,23). The fourth-order valence-electron chi connectivity index (χ4n) is 2.46. The van der Waals surface area contributed by atoms with E-state index in [0.29, 0.717) is 12.5 Å². The minimum absolute atomic E-state index is 0.521. The minimum atomic E-state index is -4.59. The predicted molar refractivity (Wildman–Crippen MR) is 99.9 cm³/mol. The largest absolute Gasteiger partial charge is 0.343 e. The third kappa shape index (κ3) is 14.5. The van der Waals surface area contributed by atoms with Crippen LogP contribution in [-0.4, -0.2) is 51.4 Å². The van der Waals surface area contributed by atoms with Crippen LogP contribution >= 0.6 is 15.0 Å². The van der Waals surface area contributed by atoms with E-state index in [1.807, 2.05) is 0 Å². The van der Waals surface area contributed by atoms with E-state index in [1.54, 1.807) is 7.05 Å². The van der Waals surface area contributed by atoms with Crippen molar-refractivity contribution in [3.63, 3.8) is 0 Å². The summed E-state index contributed by atoms with van der Waals surface area (Å²) in [6.07, 6.45) is 4.80. The molecule has 2 atom stereocenters. The molecule has 0 aliphatic rings. The van der Waals surface area contributed by atoms with Crippen LogP contribution in [0.25, 0.3) is 0 Å². The van der Waals surface area contributed by atoms with E-state index in [2.05, 4.69) is 26.1 Å². The van der Waals surface area contributed by atoms with Gasteiger partial charge in [0, 0.05) is 13.6 Å². The Morgan fingerprint density at radius 3 is 2.12 bits per heavy atom. The van der Waals surface area contributed by atoms with Crippen molar-refractivity contribution in [2.24, 2.45) is 11.8 Å². The average molecular weight is 400 g/mol. The summed E-state index contributed by atoms with van der Waals surface area (Å²) < 4.78 is 22.4. The molecule has 0 saturated heterocycles. The lowest BCUT2D eigenvalue weighted by Crippen LogP contribution is -2.38. The van der Waals surface area contributed by atoms with Crippen molar-refractivity contribution in [2.45, 2.75) is 52.9 Å². The molecule has 10 heteroatoms. The van der Waals surface area contributed by atoms with Gasteiger partial charge in [0.05, 0.1) is 6.29 Å². The highest BCUT2D eigenvalue weighted by Crippen LogP contribution is 2.53. The van der Waals surface area contributed by atoms with E-state index in [9.17, 15) is 18.8 Å². The molecule has 0 fully saturated rings. The first kappa shape index (κ1) is 24.6. The molecule has 2 amide bonds. The summed E-state index contributed by atoms with van der Waals surface area (Å²) in [5.74, 6) is 0.184. The van der Waals surface area contributed by atoms with Gasteiger partial charge in [0.15, 0.2) is 0 Å². The zero-order valence-corrected chi connectivity index (χ0v) is 17.5. The number of nitrogens with one attached hydrogen (secondary N) is 1. The molecule has 0 aromatic heterocycles. The Labute approximate surface area is 151 Å². The maximum Gasteiger partial charge on any atom is 0.335 e. The summed E-state index contributed by atoms with van der Waals surface area (Å²) in [5.41, 5.74) is 0. The molecule has 0 bridgehead atoms. The quantitative estimate of drug-likeness (QED) is 0.373. The highest BCUT2D eigenvalue weighted by atomic mass is 31.2. The molecule has 0 heterocycles. The fourth-order valence-corrected chi connectivity index (χ4v) is 5.55. The number of urea groups is 1. The molecule has 150 valence electrons. The molecule has 0 saturated carbocycles. The molecule has 0 aliphatic heterocycles. The molecular formula is C15H34N2O6P2. The SMILES string of the molecule is CC(C)CCCC(C)CCCN(C)C(=O)NCP(=O)(O)CP(=O)(O)O. The van der Waals surface area contributed by atoms with Crippen LogP contribution in [0.3, 0.4) is 0 Å². The van der Waals surface area contributed by atoms with Crippen LogP contribution in [0.2, 0.25) is 0 Å². The third-order valence-electron chi connectivity index (χ3n) is 3.90. The molecule has 2 unspecified atom stereocenters. The van der Waals surface area contributed by atoms with E-state index in [1.165, 1.54) is 24.2 Å². The van der Waals surface area contributed by atoms with Gasteiger partial charge in [-0.3, -0.25) is 9.13 Å². The van der Waals surface area contributed by atoms with E-state index in [4.69, 9.17) is 9.79 Å². The van der Waals surface area contributed by atoms with E-state index in [-0.39, 0.29) is 0 Å². The third-order valence-corrected chi connectivity index (χ3v) is 7.79. The molecule has 0 aromatic rings. The second-order valence-corrected chi connectivity index (χ2v) is 11.8. The normalized spacial score (nSPS) is 15.7. The van der Waals surface area contributed by atoms with Gasteiger partial charge in [-0.25, -0.2) is 4.79 Å². The van der Waals surface area contributed by atoms with Crippen LogP contribution in [0, 0.1) is 11.8 Å². The Morgan fingerprint density at radius 1 is 1.04 bits per heavy atom. The van der Waals surface area contributed by atoms with Gasteiger partial charge in [-0.15, -0.1) is 0 Å². The van der Waals surface area contributed by atoms with Gasteiger partial charge < -0.3 is 24.9 Å². The van der Waals surface area contributed by atoms with E-state index >= 15 is 0 Å². The molecule has 4 N–H and O–H groups in total. The second-order valence-electron chi connectivity index (χ2n) is 7.29. The van der Waals surface area contributed by atoms with Crippen LogP contribution < -0.4 is 5.32 Å². The number of amides is 2. The highest BCUT2D eigenvalue weighted by Gasteiger charge is 2.30. The van der Waals surface area contributed by atoms with Crippen molar-refractivity contribution in [3.05, 3.63) is 0 Å². The van der Waals surface area contributed by atoms with E-state index in [0.717, 1.165) is 18.8 Å². The molecule has 0 spiro atoms. The van der Waals surface area contributed by atoms with Crippen molar-refractivity contribution in [2.75, 3.05) is 25.8 Å². The molecule has 0 radical (unpaired) electrons. The van der Waals surface area contributed by atoms with Gasteiger partial charge in [-0.2, -0.15) is 0 Å². The van der Waals surface area contributed by atoms with Gasteiger partial charge in [-0.05, 0) is 24.7 Å². The van der Waals surface area contributed by atoms with Crippen LogP contribution in [0.1, 0.15) is 52.9 Å². The van der Waals surface area contributed by atoms with Crippen LogP contribution in [0.15, 0.2) is 0 Å². The summed E-state index contributed by atoms with van der Waals surface area (Å²) >= 11 is 0. The molecule has 0 aromatic carbocycles. The number of rotatable bonds is 12. The first-order valence-corrected chi connectivity index (χ1v) is 12.5. The molecule has 8 nitrogen and oxygen atoms in total. The van der Waals surface area contributed by atoms with Crippen molar-refractivity contribution in [1.29, 1.82) is 0 Å². The summed E-state index contributed by atoms with van der Waals surface area (Å²) in [4.78, 5) is 40.2. The lowest BCUT2D eigenvalue weighted by molar-refractivity contribution is 0.208. The van der Waals surface area contributed by atoms with Crippen LogP contribution in [0.5, 0.6) is 0 Å². The number of carbonyl (C=O) groups excluding carboxylic acids is 1. The summed E-state index contributed by atoms with van der Waals surface area (Å²) in [7, 11) is -7.10. The van der Waals surface area contributed by atoms with Crippen LogP contribution in [-0.2, 0) is 9.13 Å². The summed E-state index contributed by atoms with van der Waals surface area (Å²) in [5, 5.41) is 2.26. The van der Waals surface area contributed by atoms with Gasteiger partial charge in [-0.1, -0.05) is 40.0 Å². The second kappa shape index (κ2) is 11.3. The first-order chi connectivity index (χ1) is 11.3. The Kier molecular flexibility index (Phi) is 11.2. The number of hydrogen-bond acceptors (Lipinski definition) is 3. The minimum Gasteiger partial charge on any atom is -0.343 e. The van der Waals surface area contributed by atoms with Gasteiger partial charge in [0.25, 0.3) is 0 Å². The maximum atomic E-state index is 11.9. The Bertz CT molecular complexity index is 494. The van der Waals surface area contributed by atoms with Gasteiger partial charge >= 0.3 is 13.6 Å². The molecule has 25 heavy (non-hydrogen) atoms. The van der Waals surface area contributed by atoms with Crippen molar-refractivity contribution >= 4 is 21.0 Å². The fraction of sp³-hybridized carbons (Fsp3) is 0.933. The predicted octanol–water partition coefficient (Wildman–Crippen LogP) is 3.23. The van der Waals surface area contributed by atoms with Crippen LogP contribution in [0.4, 0.5) is 4.79 Å². The number of hydrogen-bond donors (Lipinski definition) is 4. The van der Waals surface area contributed by atoms with E-state index < -0.39 is 33.2 Å². The molecular weight excluding hydrogens is 366 g/mol. The number of nitrogens with zero attached hydrogens (tertiary/aromatic N) is 1. The highest BCUT2D eigenvalue weighted by molar-refractivity contribution is 7.72. The monoisotopic (exact) mass is 400 g/mol. The first-order valence-electron chi connectivity index (χ1n) is 8.67. The van der Waals surface area contributed by atoms with Crippen molar-refractivity contribution in [1.82, 2.24) is 10.2 Å². The maximum absolute atomic E-state index is 11.9. The van der Waals surface area contributed by atoms with Crippen molar-refractivity contribution in [3.8, 4) is 0 Å². The molecule has 0 aliphatic carbocycles. The lowest BCUT2D eigenvalue weighted by atomic mass is 9.96. The molecule has 0 rings (SSSR count). The Balaban J connectivity index is 4.03. The smallest absolute Gasteiger partial charge is 0.335 e. The zero-order valence-electron chi connectivity index (χ0n) is 15.7. The topological polar surface area (TPSA) is 127 Å². The zero-order chi connectivity index (χ0) is 19.7. The summed E-state index contributed by atoms with van der Waals surface area (Å²) in [6.45, 7) is 7.14. The van der Waals surface area contributed by atoms with Gasteiger partial charge in [0.2, 0.25) is 7.37 Å². The van der Waals surface area contributed by atoms with Crippen molar-refractivity contribution < 1.29 is 28.6 Å². The number of carbonyl (C=O) groups is 1. The average Bonchev–Trinajstić information content (AvgIpc) is 2.41. The Morgan fingerprint density at radius 2 is 1.60 bits per heavy atom. The lowest BCUT2D eigenvalue weighted by Gasteiger charge is -2.20. The Hall–Kier alpha value is -0.390. The summed E-state index contributed by atoms with van der Waals surface area (Å²) in [6, 6.07) is -0.521.